The Labute approximate surface area is 75.9 Å². The van der Waals surface area contributed by atoms with Crippen LogP contribution in [0.1, 0.15) is 5.56 Å². The minimum absolute atomic E-state index is 0.0168. The summed E-state index contributed by atoms with van der Waals surface area (Å²) >= 11 is 0. The van der Waals surface area contributed by atoms with Gasteiger partial charge in [0.25, 0.3) is 5.91 Å². The molecule has 2 N–H and O–H groups in total. The van der Waals surface area contributed by atoms with Crippen molar-refractivity contribution in [3.63, 3.8) is 0 Å². The van der Waals surface area contributed by atoms with Crippen LogP contribution < -0.4 is 5.32 Å². The summed E-state index contributed by atoms with van der Waals surface area (Å²) < 4.78 is 0. The van der Waals surface area contributed by atoms with Gasteiger partial charge in [0.2, 0.25) is 0 Å². The van der Waals surface area contributed by atoms with Gasteiger partial charge in [0, 0.05) is 12.6 Å². The first-order chi connectivity index (χ1) is 6.29. The molecule has 1 aromatic rings. The summed E-state index contributed by atoms with van der Waals surface area (Å²) in [5.74, 6) is -0.409. The Bertz CT molecular complexity index is 320. The van der Waals surface area contributed by atoms with E-state index in [-0.39, 0.29) is 5.71 Å². The van der Waals surface area contributed by atoms with Crippen molar-refractivity contribution >= 4 is 11.6 Å². The van der Waals surface area contributed by atoms with Gasteiger partial charge in [-0.2, -0.15) is 0 Å². The maximum Gasteiger partial charge on any atom is 0.273 e. The van der Waals surface area contributed by atoms with Crippen LogP contribution in [0.3, 0.4) is 0 Å². The van der Waals surface area contributed by atoms with Gasteiger partial charge in [-0.1, -0.05) is 35.5 Å². The van der Waals surface area contributed by atoms with E-state index in [4.69, 9.17) is 5.21 Å². The minimum atomic E-state index is -0.409. The zero-order valence-electron chi connectivity index (χ0n) is 7.19. The third-order valence-corrected chi connectivity index (χ3v) is 1.59. The average Bonchev–Trinajstić information content (AvgIpc) is 2.20. The van der Waals surface area contributed by atoms with Crippen molar-refractivity contribution in [2.45, 2.75) is 0 Å². The number of carbonyl (C=O) groups excluding carboxylic acids is 1. The van der Waals surface area contributed by atoms with E-state index < -0.39 is 5.91 Å². The van der Waals surface area contributed by atoms with Crippen molar-refractivity contribution in [2.75, 3.05) is 7.05 Å². The fourth-order valence-electron chi connectivity index (χ4n) is 0.949. The van der Waals surface area contributed by atoms with E-state index in [0.717, 1.165) is 0 Å². The molecule has 1 rings (SSSR count). The maximum absolute atomic E-state index is 11.1. The second kappa shape index (κ2) is 4.25. The molecule has 68 valence electrons. The number of rotatable bonds is 2. The van der Waals surface area contributed by atoms with Crippen molar-refractivity contribution in [2.24, 2.45) is 5.16 Å². The van der Waals surface area contributed by atoms with Crippen molar-refractivity contribution in [3.05, 3.63) is 35.9 Å². The van der Waals surface area contributed by atoms with Crippen LogP contribution in [0.5, 0.6) is 0 Å². The summed E-state index contributed by atoms with van der Waals surface area (Å²) in [6, 6.07) is 8.75. The highest BCUT2D eigenvalue weighted by molar-refractivity contribution is 6.45. The lowest BCUT2D eigenvalue weighted by atomic mass is 10.1. The smallest absolute Gasteiger partial charge is 0.273 e. The first kappa shape index (κ1) is 9.25. The third kappa shape index (κ3) is 2.05. The van der Waals surface area contributed by atoms with Gasteiger partial charge < -0.3 is 10.5 Å². The molecule has 0 fully saturated rings. The number of hydrogen-bond acceptors (Lipinski definition) is 3. The molecule has 0 spiro atoms. The molecular weight excluding hydrogens is 168 g/mol. The largest absolute Gasteiger partial charge is 0.410 e. The summed E-state index contributed by atoms with van der Waals surface area (Å²) in [4.78, 5) is 11.1. The van der Waals surface area contributed by atoms with Crippen LogP contribution in [-0.2, 0) is 4.79 Å². The second-order valence-electron chi connectivity index (χ2n) is 2.39. The maximum atomic E-state index is 11.1. The molecule has 0 aliphatic carbocycles. The monoisotopic (exact) mass is 178 g/mol. The number of benzene rings is 1. The highest BCUT2D eigenvalue weighted by Crippen LogP contribution is 2.00. The van der Waals surface area contributed by atoms with Crippen LogP contribution in [0.2, 0.25) is 0 Å². The Hall–Kier alpha value is -1.84. The highest BCUT2D eigenvalue weighted by atomic mass is 16.4. The molecule has 0 bridgehead atoms. The highest BCUT2D eigenvalue weighted by Gasteiger charge is 2.11. The number of nitrogens with one attached hydrogen (secondary N) is 1. The SMILES string of the molecule is CNC(=O)/C(=N/O)c1ccccc1. The molecule has 1 aromatic carbocycles. The second-order valence-corrected chi connectivity index (χ2v) is 2.39. The summed E-state index contributed by atoms with van der Waals surface area (Å²) in [7, 11) is 1.48. The minimum Gasteiger partial charge on any atom is -0.410 e. The Morgan fingerprint density at radius 1 is 1.38 bits per heavy atom. The number of hydrogen-bond donors (Lipinski definition) is 2. The molecule has 13 heavy (non-hydrogen) atoms. The summed E-state index contributed by atoms with van der Waals surface area (Å²) in [5.41, 5.74) is 0.604. The summed E-state index contributed by atoms with van der Waals surface area (Å²) in [6.45, 7) is 0. The fourth-order valence-corrected chi connectivity index (χ4v) is 0.949. The van der Waals surface area contributed by atoms with Gasteiger partial charge >= 0.3 is 0 Å². The van der Waals surface area contributed by atoms with Crippen LogP contribution in [0.25, 0.3) is 0 Å². The van der Waals surface area contributed by atoms with E-state index in [1.165, 1.54) is 7.05 Å². The van der Waals surface area contributed by atoms with E-state index in [1.807, 2.05) is 6.07 Å². The lowest BCUT2D eigenvalue weighted by Crippen LogP contribution is -2.28. The molecular formula is C9H10N2O2. The Balaban J connectivity index is 3.00. The van der Waals surface area contributed by atoms with Gasteiger partial charge in [0.05, 0.1) is 0 Å². The number of oxime groups is 1. The lowest BCUT2D eigenvalue weighted by molar-refractivity contribution is -0.114. The molecule has 0 atom stereocenters. The number of carbonyl (C=O) groups is 1. The summed E-state index contributed by atoms with van der Waals surface area (Å²) in [6.07, 6.45) is 0. The van der Waals surface area contributed by atoms with Crippen LogP contribution in [0.4, 0.5) is 0 Å². The molecule has 0 radical (unpaired) electrons. The van der Waals surface area contributed by atoms with E-state index in [0.29, 0.717) is 5.56 Å². The molecule has 0 heterocycles. The lowest BCUT2D eigenvalue weighted by Gasteiger charge is -2.01. The van der Waals surface area contributed by atoms with Crippen LogP contribution in [-0.4, -0.2) is 23.9 Å². The van der Waals surface area contributed by atoms with Gasteiger partial charge in [-0.05, 0) is 0 Å². The quantitative estimate of drug-likeness (QED) is 0.396. The van der Waals surface area contributed by atoms with Crippen molar-refractivity contribution in [3.8, 4) is 0 Å². The van der Waals surface area contributed by atoms with E-state index in [2.05, 4.69) is 10.5 Å². The van der Waals surface area contributed by atoms with Crippen LogP contribution >= 0.6 is 0 Å². The standard InChI is InChI=1S/C9H10N2O2/c1-10-9(12)8(11-13)7-5-3-2-4-6-7/h2-6,13H,1H3,(H,10,12)/b11-8+. The van der Waals surface area contributed by atoms with Crippen LogP contribution in [0.15, 0.2) is 35.5 Å². The molecule has 0 aromatic heterocycles. The number of amides is 1. The predicted molar refractivity (Wildman–Crippen MR) is 48.8 cm³/mol. The van der Waals surface area contributed by atoms with Crippen LogP contribution in [0, 0.1) is 0 Å². The molecule has 4 heteroatoms. The molecule has 0 aliphatic rings. The fraction of sp³-hybridized carbons (Fsp3) is 0.111. The first-order valence-electron chi connectivity index (χ1n) is 3.79. The normalized spacial score (nSPS) is 11.0. The summed E-state index contributed by atoms with van der Waals surface area (Å²) in [5, 5.41) is 13.9. The molecule has 0 aliphatic heterocycles. The first-order valence-corrected chi connectivity index (χ1v) is 3.79. The third-order valence-electron chi connectivity index (χ3n) is 1.59. The van der Waals surface area contributed by atoms with E-state index in [9.17, 15) is 4.79 Å². The predicted octanol–water partition coefficient (Wildman–Crippen LogP) is 0.611. The van der Waals surface area contributed by atoms with Crippen molar-refractivity contribution in [1.29, 1.82) is 0 Å². The van der Waals surface area contributed by atoms with Gasteiger partial charge in [-0.15, -0.1) is 0 Å². The van der Waals surface area contributed by atoms with Gasteiger partial charge in [0.1, 0.15) is 0 Å². The molecule has 1 amide bonds. The molecule has 0 saturated carbocycles. The van der Waals surface area contributed by atoms with Crippen molar-refractivity contribution in [1.82, 2.24) is 5.32 Å². The number of nitrogens with zero attached hydrogens (tertiary/aromatic N) is 1. The van der Waals surface area contributed by atoms with Crippen molar-refractivity contribution < 1.29 is 10.0 Å². The number of likely N-dealkylation sites (N-methyl/N-ethyl adjacent to an activating group) is 1. The zero-order chi connectivity index (χ0) is 9.68. The van der Waals surface area contributed by atoms with Gasteiger partial charge in [-0.3, -0.25) is 4.79 Å². The van der Waals surface area contributed by atoms with Gasteiger partial charge in [0.15, 0.2) is 5.71 Å². The molecule has 0 saturated heterocycles. The van der Waals surface area contributed by atoms with E-state index in [1.54, 1.807) is 24.3 Å². The molecule has 4 nitrogen and oxygen atoms in total. The molecule has 0 unspecified atom stereocenters. The average molecular weight is 178 g/mol. The van der Waals surface area contributed by atoms with E-state index >= 15 is 0 Å². The van der Waals surface area contributed by atoms with Gasteiger partial charge in [-0.25, -0.2) is 0 Å². The Morgan fingerprint density at radius 2 is 2.00 bits per heavy atom. The Morgan fingerprint density at radius 3 is 2.46 bits per heavy atom. The topological polar surface area (TPSA) is 61.7 Å². The Kier molecular flexibility index (Phi) is 3.03. The zero-order valence-corrected chi connectivity index (χ0v) is 7.19.